The van der Waals surface area contributed by atoms with Crippen molar-refractivity contribution in [2.24, 2.45) is 0 Å². The molecule has 0 aliphatic carbocycles. The van der Waals surface area contributed by atoms with E-state index in [4.69, 9.17) is 9.47 Å². The number of aliphatic hydroxyl groups excluding tert-OH is 1. The highest BCUT2D eigenvalue weighted by Gasteiger charge is 2.46. The Labute approximate surface area is 188 Å². The summed E-state index contributed by atoms with van der Waals surface area (Å²) in [5.74, 6) is -1.79. The zero-order valence-electron chi connectivity index (χ0n) is 17.4. The first kappa shape index (κ1) is 21.6. The van der Waals surface area contributed by atoms with Gasteiger partial charge in [0.25, 0.3) is 11.7 Å². The molecule has 1 aliphatic rings. The molecule has 1 aliphatic heterocycles. The van der Waals surface area contributed by atoms with Gasteiger partial charge < -0.3 is 19.5 Å². The Bertz CT molecular complexity index is 1190. The van der Waals surface area contributed by atoms with Crippen LogP contribution in [0.1, 0.15) is 22.0 Å². The lowest BCUT2D eigenvalue weighted by Crippen LogP contribution is -2.28. The van der Waals surface area contributed by atoms with Gasteiger partial charge in [0.05, 0.1) is 31.4 Å². The molecule has 6 nitrogen and oxygen atoms in total. The number of ether oxygens (including phenoxy) is 2. The Balaban J connectivity index is 1.83. The van der Waals surface area contributed by atoms with E-state index in [2.05, 4.69) is 0 Å². The lowest BCUT2D eigenvalue weighted by Gasteiger charge is -2.24. The van der Waals surface area contributed by atoms with Gasteiger partial charge in [-0.05, 0) is 47.3 Å². The standard InChI is InChI=1S/C24H20FNO5S/c1-30-16-8-5-14(6-9-16)13-26-21(19-4-3-11-32-19)20(23(28)24(26)29)22(27)17-12-15(25)7-10-18(17)31-2/h3-12,21,27H,13H2,1-2H3/b22-20-. The maximum atomic E-state index is 13.9. The van der Waals surface area contributed by atoms with Crippen molar-refractivity contribution in [1.29, 1.82) is 0 Å². The van der Waals surface area contributed by atoms with Gasteiger partial charge in [-0.3, -0.25) is 9.59 Å². The van der Waals surface area contributed by atoms with E-state index >= 15 is 0 Å². The minimum atomic E-state index is -0.833. The largest absolute Gasteiger partial charge is 0.507 e. The second-order valence-corrected chi connectivity index (χ2v) is 8.11. The summed E-state index contributed by atoms with van der Waals surface area (Å²) in [5.41, 5.74) is 0.698. The van der Waals surface area contributed by atoms with Crippen LogP contribution in [0.5, 0.6) is 11.5 Å². The molecule has 1 N–H and O–H groups in total. The number of aliphatic hydroxyl groups is 1. The second kappa shape index (κ2) is 8.84. The first-order chi connectivity index (χ1) is 15.4. The molecule has 32 heavy (non-hydrogen) atoms. The van der Waals surface area contributed by atoms with E-state index in [9.17, 15) is 19.1 Å². The Morgan fingerprint density at radius 3 is 2.47 bits per heavy atom. The van der Waals surface area contributed by atoms with Crippen LogP contribution in [0.3, 0.4) is 0 Å². The third-order valence-electron chi connectivity index (χ3n) is 5.28. The van der Waals surface area contributed by atoms with Crippen LogP contribution in [-0.2, 0) is 16.1 Å². The number of methoxy groups -OCH3 is 2. The lowest BCUT2D eigenvalue weighted by molar-refractivity contribution is -0.140. The number of hydrogen-bond acceptors (Lipinski definition) is 6. The van der Waals surface area contributed by atoms with E-state index in [-0.39, 0.29) is 23.4 Å². The third kappa shape index (κ3) is 3.85. The summed E-state index contributed by atoms with van der Waals surface area (Å²) in [7, 11) is 2.94. The van der Waals surface area contributed by atoms with Crippen LogP contribution in [-0.4, -0.2) is 35.9 Å². The van der Waals surface area contributed by atoms with Gasteiger partial charge in [-0.2, -0.15) is 0 Å². The second-order valence-electron chi connectivity index (χ2n) is 7.14. The molecule has 1 fully saturated rings. The quantitative estimate of drug-likeness (QED) is 0.337. The molecule has 1 atom stereocenters. The summed E-state index contributed by atoms with van der Waals surface area (Å²) >= 11 is 1.36. The van der Waals surface area contributed by atoms with Crippen molar-refractivity contribution in [3.8, 4) is 11.5 Å². The number of thiophene rings is 1. The maximum Gasteiger partial charge on any atom is 0.295 e. The van der Waals surface area contributed by atoms with Gasteiger partial charge in [0, 0.05) is 11.4 Å². The fraction of sp³-hybridized carbons (Fsp3) is 0.167. The van der Waals surface area contributed by atoms with Crippen LogP contribution >= 0.6 is 11.3 Å². The molecule has 1 aromatic heterocycles. The molecule has 164 valence electrons. The van der Waals surface area contributed by atoms with Crippen molar-refractivity contribution in [3.63, 3.8) is 0 Å². The number of amides is 1. The van der Waals surface area contributed by atoms with Gasteiger partial charge in [-0.25, -0.2) is 4.39 Å². The van der Waals surface area contributed by atoms with Crippen LogP contribution in [0.2, 0.25) is 0 Å². The maximum absolute atomic E-state index is 13.9. The van der Waals surface area contributed by atoms with E-state index in [1.165, 1.54) is 35.5 Å². The number of carbonyl (C=O) groups excluding carboxylic acids is 2. The van der Waals surface area contributed by atoms with Gasteiger partial charge in [-0.15, -0.1) is 11.3 Å². The van der Waals surface area contributed by atoms with Crippen LogP contribution in [0, 0.1) is 5.82 Å². The number of likely N-dealkylation sites (tertiary alicyclic amines) is 1. The van der Waals surface area contributed by atoms with Crippen molar-refractivity contribution < 1.29 is 28.6 Å². The molecule has 0 spiro atoms. The number of carbonyl (C=O) groups is 2. The third-order valence-corrected chi connectivity index (χ3v) is 6.21. The minimum Gasteiger partial charge on any atom is -0.507 e. The van der Waals surface area contributed by atoms with Crippen LogP contribution in [0.25, 0.3) is 5.76 Å². The number of rotatable bonds is 6. The molecule has 2 heterocycles. The van der Waals surface area contributed by atoms with Crippen LogP contribution in [0.4, 0.5) is 4.39 Å². The first-order valence-corrected chi connectivity index (χ1v) is 10.6. The minimum absolute atomic E-state index is 0.0107. The van der Waals surface area contributed by atoms with Crippen molar-refractivity contribution in [1.82, 2.24) is 4.90 Å². The molecule has 0 saturated carbocycles. The number of ketones is 1. The van der Waals surface area contributed by atoms with E-state index in [1.807, 2.05) is 5.38 Å². The van der Waals surface area contributed by atoms with Crippen molar-refractivity contribution >= 4 is 28.8 Å². The predicted octanol–water partition coefficient (Wildman–Crippen LogP) is 4.53. The fourth-order valence-electron chi connectivity index (χ4n) is 3.72. The fourth-order valence-corrected chi connectivity index (χ4v) is 4.57. The number of Topliss-reactive ketones (excluding diaryl/α,β-unsaturated/α-hetero) is 1. The highest BCUT2D eigenvalue weighted by Crippen LogP contribution is 2.43. The topological polar surface area (TPSA) is 76.1 Å². The molecule has 3 aromatic rings. The van der Waals surface area contributed by atoms with E-state index in [0.29, 0.717) is 10.6 Å². The highest BCUT2D eigenvalue weighted by molar-refractivity contribution is 7.10. The monoisotopic (exact) mass is 453 g/mol. The van der Waals surface area contributed by atoms with E-state index in [1.54, 1.807) is 43.5 Å². The summed E-state index contributed by atoms with van der Waals surface area (Å²) < 4.78 is 24.3. The Kier molecular flexibility index (Phi) is 5.96. The summed E-state index contributed by atoms with van der Waals surface area (Å²) in [6, 6.07) is 13.5. The summed E-state index contributed by atoms with van der Waals surface area (Å²) in [5, 5.41) is 12.9. The predicted molar refractivity (Wildman–Crippen MR) is 118 cm³/mol. The summed E-state index contributed by atoms with van der Waals surface area (Å²) in [4.78, 5) is 28.2. The van der Waals surface area contributed by atoms with Gasteiger partial charge >= 0.3 is 0 Å². The van der Waals surface area contributed by atoms with Gasteiger partial charge in [-0.1, -0.05) is 18.2 Å². The van der Waals surface area contributed by atoms with Gasteiger partial charge in [0.2, 0.25) is 0 Å². The summed E-state index contributed by atoms with van der Waals surface area (Å²) in [6.45, 7) is 0.147. The first-order valence-electron chi connectivity index (χ1n) is 9.73. The lowest BCUT2D eigenvalue weighted by atomic mass is 9.99. The number of nitrogens with zero attached hydrogens (tertiary/aromatic N) is 1. The van der Waals surface area contributed by atoms with Crippen molar-refractivity contribution in [3.05, 3.63) is 87.4 Å². The smallest absolute Gasteiger partial charge is 0.295 e. The molecular formula is C24H20FNO5S. The highest BCUT2D eigenvalue weighted by atomic mass is 32.1. The Hall–Kier alpha value is -3.65. The Morgan fingerprint density at radius 2 is 1.84 bits per heavy atom. The van der Waals surface area contributed by atoms with Gasteiger partial charge in [0.15, 0.2) is 0 Å². The number of hydrogen-bond donors (Lipinski definition) is 1. The molecule has 1 amide bonds. The molecule has 1 saturated heterocycles. The van der Waals surface area contributed by atoms with Gasteiger partial charge in [0.1, 0.15) is 23.1 Å². The molecule has 1 unspecified atom stereocenters. The Morgan fingerprint density at radius 1 is 1.09 bits per heavy atom. The summed E-state index contributed by atoms with van der Waals surface area (Å²) in [6.07, 6.45) is 0. The molecule has 0 radical (unpaired) electrons. The van der Waals surface area contributed by atoms with Crippen molar-refractivity contribution in [2.45, 2.75) is 12.6 Å². The molecule has 2 aromatic carbocycles. The SMILES string of the molecule is COc1ccc(CN2C(=O)C(=O)/C(=C(\O)c3cc(F)ccc3OC)C2c2cccs2)cc1. The van der Waals surface area contributed by atoms with E-state index < -0.39 is 29.3 Å². The normalized spacial score (nSPS) is 17.6. The number of benzene rings is 2. The number of halogens is 1. The van der Waals surface area contributed by atoms with Crippen LogP contribution < -0.4 is 9.47 Å². The average Bonchev–Trinajstić information content (AvgIpc) is 3.42. The molecule has 4 rings (SSSR count). The molecule has 0 bridgehead atoms. The van der Waals surface area contributed by atoms with Crippen LogP contribution in [0.15, 0.2) is 65.6 Å². The average molecular weight is 453 g/mol. The zero-order valence-corrected chi connectivity index (χ0v) is 18.2. The molecular weight excluding hydrogens is 433 g/mol. The van der Waals surface area contributed by atoms with Crippen molar-refractivity contribution in [2.75, 3.05) is 14.2 Å². The van der Waals surface area contributed by atoms with E-state index in [0.717, 1.165) is 11.6 Å². The zero-order chi connectivity index (χ0) is 22.8. The molecule has 8 heteroatoms.